The Labute approximate surface area is 86.5 Å². The molecule has 0 aromatic rings. The minimum absolute atomic E-state index is 0.0701. The molecule has 1 aliphatic carbocycles. The minimum Gasteiger partial charge on any atom is -0.360 e. The first-order valence-electron chi connectivity index (χ1n) is 5.01. The number of hydrogen-bond donors (Lipinski definition) is 2. The smallest absolute Gasteiger partial charge is 0.166 e. The van der Waals surface area contributed by atoms with Gasteiger partial charge in [-0.2, -0.15) is 0 Å². The zero-order chi connectivity index (χ0) is 10.1. The van der Waals surface area contributed by atoms with Crippen LogP contribution in [0.5, 0.6) is 0 Å². The Morgan fingerprint density at radius 2 is 2.08 bits per heavy atom. The maximum absolute atomic E-state index is 5.20. The van der Waals surface area contributed by atoms with Gasteiger partial charge in [0, 0.05) is 11.6 Å². The lowest BCUT2D eigenvalue weighted by Crippen LogP contribution is -2.47. The zero-order valence-corrected chi connectivity index (χ0v) is 9.79. The Balaban J connectivity index is 2.20. The van der Waals surface area contributed by atoms with Crippen LogP contribution in [-0.4, -0.2) is 16.7 Å². The molecule has 0 aromatic heterocycles. The monoisotopic (exact) mass is 200 g/mol. The van der Waals surface area contributed by atoms with Gasteiger partial charge in [0.1, 0.15) is 0 Å². The van der Waals surface area contributed by atoms with Crippen LogP contribution in [0.25, 0.3) is 0 Å². The lowest BCUT2D eigenvalue weighted by atomic mass is 10.1. The second-order valence-electron chi connectivity index (χ2n) is 4.86. The maximum Gasteiger partial charge on any atom is 0.166 e. The van der Waals surface area contributed by atoms with Crippen LogP contribution in [-0.2, 0) is 0 Å². The molecule has 0 radical (unpaired) electrons. The van der Waals surface area contributed by atoms with Crippen molar-refractivity contribution in [2.24, 2.45) is 5.92 Å². The summed E-state index contributed by atoms with van der Waals surface area (Å²) in [6.07, 6.45) is 2.54. The molecule has 0 saturated heterocycles. The Kier molecular flexibility index (Phi) is 3.17. The summed E-state index contributed by atoms with van der Waals surface area (Å²) in [4.78, 5) is 0. The number of thiocarbonyl (C=S) groups is 1. The normalized spacial score (nSPS) is 26.8. The molecule has 0 heterocycles. The highest BCUT2D eigenvalue weighted by molar-refractivity contribution is 7.80. The van der Waals surface area contributed by atoms with E-state index in [1.807, 2.05) is 0 Å². The Morgan fingerprint density at radius 3 is 2.46 bits per heavy atom. The third-order valence-corrected chi connectivity index (χ3v) is 2.47. The van der Waals surface area contributed by atoms with E-state index in [1.54, 1.807) is 0 Å². The fourth-order valence-electron chi connectivity index (χ4n) is 1.42. The zero-order valence-electron chi connectivity index (χ0n) is 8.98. The van der Waals surface area contributed by atoms with Crippen molar-refractivity contribution in [1.29, 1.82) is 0 Å². The van der Waals surface area contributed by atoms with Crippen molar-refractivity contribution in [3.63, 3.8) is 0 Å². The molecule has 2 N–H and O–H groups in total. The molecule has 2 atom stereocenters. The molecule has 0 amide bonds. The van der Waals surface area contributed by atoms with E-state index in [0.717, 1.165) is 11.0 Å². The highest BCUT2D eigenvalue weighted by Crippen LogP contribution is 2.32. The number of nitrogens with one attached hydrogen (secondary N) is 2. The summed E-state index contributed by atoms with van der Waals surface area (Å²) in [6, 6.07) is 0.632. The van der Waals surface area contributed by atoms with Gasteiger partial charge in [0.25, 0.3) is 0 Å². The highest BCUT2D eigenvalue weighted by Gasteiger charge is 2.35. The Hall–Kier alpha value is -0.310. The molecule has 1 saturated carbocycles. The third-order valence-electron chi connectivity index (χ3n) is 2.25. The summed E-state index contributed by atoms with van der Waals surface area (Å²) in [5.74, 6) is 0.847. The quantitative estimate of drug-likeness (QED) is 0.667. The van der Waals surface area contributed by atoms with Crippen LogP contribution in [0.2, 0.25) is 0 Å². The predicted octanol–water partition coefficient (Wildman–Crippen LogP) is 2.05. The molecule has 0 aliphatic heterocycles. The number of hydrogen-bond acceptors (Lipinski definition) is 1. The summed E-state index contributed by atoms with van der Waals surface area (Å²) < 4.78 is 0. The first-order chi connectivity index (χ1) is 5.92. The SMILES string of the molecule is CCC1CC1NC(=S)NC(C)(C)C. The molecule has 0 bridgehead atoms. The largest absolute Gasteiger partial charge is 0.360 e. The molecule has 1 aliphatic rings. The van der Waals surface area contributed by atoms with Crippen LogP contribution in [0.4, 0.5) is 0 Å². The molecule has 3 heteroatoms. The first kappa shape index (κ1) is 10.8. The minimum atomic E-state index is 0.0701. The van der Waals surface area contributed by atoms with E-state index in [1.165, 1.54) is 12.8 Å². The molecular formula is C10H20N2S. The average molecular weight is 200 g/mol. The van der Waals surface area contributed by atoms with Gasteiger partial charge in [0.2, 0.25) is 0 Å². The third kappa shape index (κ3) is 3.94. The van der Waals surface area contributed by atoms with Crippen LogP contribution in [0.15, 0.2) is 0 Å². The van der Waals surface area contributed by atoms with Crippen LogP contribution < -0.4 is 10.6 Å². The highest BCUT2D eigenvalue weighted by atomic mass is 32.1. The van der Waals surface area contributed by atoms with E-state index in [0.29, 0.717) is 6.04 Å². The Bertz CT molecular complexity index is 196. The standard InChI is InChI=1S/C10H20N2S/c1-5-7-6-8(7)11-9(13)12-10(2,3)4/h7-8H,5-6H2,1-4H3,(H2,11,12,13). The van der Waals surface area contributed by atoms with E-state index in [4.69, 9.17) is 12.2 Å². The summed E-state index contributed by atoms with van der Waals surface area (Å²) in [5, 5.41) is 7.39. The summed E-state index contributed by atoms with van der Waals surface area (Å²) in [7, 11) is 0. The molecule has 0 spiro atoms. The molecule has 1 fully saturated rings. The molecule has 0 aromatic carbocycles. The predicted molar refractivity (Wildman–Crippen MR) is 60.8 cm³/mol. The van der Waals surface area contributed by atoms with Gasteiger partial charge < -0.3 is 10.6 Å². The summed E-state index contributed by atoms with van der Waals surface area (Å²) in [6.45, 7) is 8.58. The topological polar surface area (TPSA) is 24.1 Å². The first-order valence-corrected chi connectivity index (χ1v) is 5.42. The molecule has 2 unspecified atom stereocenters. The lowest BCUT2D eigenvalue weighted by Gasteiger charge is -2.23. The van der Waals surface area contributed by atoms with Crippen molar-refractivity contribution < 1.29 is 0 Å². The maximum atomic E-state index is 5.20. The Morgan fingerprint density at radius 1 is 1.46 bits per heavy atom. The van der Waals surface area contributed by atoms with E-state index < -0.39 is 0 Å². The van der Waals surface area contributed by atoms with E-state index in [-0.39, 0.29) is 5.54 Å². The van der Waals surface area contributed by atoms with Crippen molar-refractivity contribution in [3.05, 3.63) is 0 Å². The van der Waals surface area contributed by atoms with Crippen molar-refractivity contribution in [3.8, 4) is 0 Å². The fourth-order valence-corrected chi connectivity index (χ4v) is 1.88. The molecule has 76 valence electrons. The van der Waals surface area contributed by atoms with Crippen molar-refractivity contribution in [2.45, 2.75) is 52.1 Å². The second kappa shape index (κ2) is 3.82. The average Bonchev–Trinajstić information content (AvgIpc) is 2.62. The van der Waals surface area contributed by atoms with Crippen molar-refractivity contribution in [1.82, 2.24) is 10.6 Å². The fraction of sp³-hybridized carbons (Fsp3) is 0.900. The van der Waals surface area contributed by atoms with Gasteiger partial charge in [-0.25, -0.2) is 0 Å². The number of rotatable bonds is 2. The van der Waals surface area contributed by atoms with Crippen LogP contribution >= 0.6 is 12.2 Å². The van der Waals surface area contributed by atoms with Gasteiger partial charge in [-0.1, -0.05) is 13.3 Å². The summed E-state index contributed by atoms with van der Waals surface area (Å²) >= 11 is 5.20. The van der Waals surface area contributed by atoms with Crippen molar-refractivity contribution >= 4 is 17.3 Å². The van der Waals surface area contributed by atoms with Crippen molar-refractivity contribution in [2.75, 3.05) is 0 Å². The molecule has 13 heavy (non-hydrogen) atoms. The van der Waals surface area contributed by atoms with E-state index in [2.05, 4.69) is 38.3 Å². The van der Waals surface area contributed by atoms with E-state index >= 15 is 0 Å². The van der Waals surface area contributed by atoms with Gasteiger partial charge in [0.15, 0.2) is 5.11 Å². The van der Waals surface area contributed by atoms with Gasteiger partial charge >= 0.3 is 0 Å². The van der Waals surface area contributed by atoms with Gasteiger partial charge in [-0.15, -0.1) is 0 Å². The van der Waals surface area contributed by atoms with Crippen LogP contribution in [0.3, 0.4) is 0 Å². The van der Waals surface area contributed by atoms with E-state index in [9.17, 15) is 0 Å². The van der Waals surface area contributed by atoms with Gasteiger partial charge in [0.05, 0.1) is 0 Å². The van der Waals surface area contributed by atoms with Crippen LogP contribution in [0.1, 0.15) is 40.5 Å². The molecule has 2 nitrogen and oxygen atoms in total. The second-order valence-corrected chi connectivity index (χ2v) is 5.27. The van der Waals surface area contributed by atoms with Gasteiger partial charge in [-0.05, 0) is 45.3 Å². The lowest BCUT2D eigenvalue weighted by molar-refractivity contribution is 0.505. The van der Waals surface area contributed by atoms with Crippen LogP contribution in [0, 0.1) is 5.92 Å². The molecular weight excluding hydrogens is 180 g/mol. The van der Waals surface area contributed by atoms with Gasteiger partial charge in [-0.3, -0.25) is 0 Å². The molecule has 1 rings (SSSR count). The summed E-state index contributed by atoms with van der Waals surface area (Å²) in [5.41, 5.74) is 0.0701.